The molecular weight excluding hydrogens is 364 g/mol. The zero-order valence-electron chi connectivity index (χ0n) is 16.8. The first-order valence-electron chi connectivity index (χ1n) is 10.2. The molecule has 0 amide bonds. The maximum Gasteiger partial charge on any atom is 0.0889 e. The van der Waals surface area contributed by atoms with Crippen LogP contribution in [-0.4, -0.2) is 0 Å². The molecule has 0 radical (unpaired) electrons. The summed E-state index contributed by atoms with van der Waals surface area (Å²) in [5.41, 5.74) is 5.22. The van der Waals surface area contributed by atoms with Crippen LogP contribution in [0.25, 0.3) is 11.1 Å². The van der Waals surface area contributed by atoms with Gasteiger partial charge in [0.2, 0.25) is 0 Å². The highest BCUT2D eigenvalue weighted by atomic mass is 15.0. The molecule has 1 N–H and O–H groups in total. The largest absolute Gasteiger partial charge is 0.372 e. The minimum Gasteiger partial charge on any atom is -0.372 e. The van der Waals surface area contributed by atoms with E-state index in [1.807, 2.05) is 30.3 Å². The Kier molecular flexibility index (Phi) is 5.92. The van der Waals surface area contributed by atoms with Crippen LogP contribution in [0.15, 0.2) is 115 Å². The van der Waals surface area contributed by atoms with Gasteiger partial charge in [-0.1, -0.05) is 103 Å². The Morgan fingerprint density at radius 1 is 0.600 bits per heavy atom. The van der Waals surface area contributed by atoms with Crippen molar-refractivity contribution in [3.63, 3.8) is 0 Å². The molecule has 0 spiro atoms. The van der Waals surface area contributed by atoms with Crippen molar-refractivity contribution in [2.24, 2.45) is 0 Å². The van der Waals surface area contributed by atoms with Crippen molar-refractivity contribution in [3.8, 4) is 17.2 Å². The lowest BCUT2D eigenvalue weighted by atomic mass is 9.78. The maximum atomic E-state index is 9.40. The normalized spacial score (nSPS) is 12.5. The van der Waals surface area contributed by atoms with E-state index in [-0.39, 0.29) is 0 Å². The summed E-state index contributed by atoms with van der Waals surface area (Å²) in [6.45, 7) is 0. The lowest BCUT2D eigenvalue weighted by Crippen LogP contribution is -2.36. The fourth-order valence-corrected chi connectivity index (χ4v) is 3.97. The Morgan fingerprint density at radius 2 is 1.10 bits per heavy atom. The monoisotopic (exact) mass is 388 g/mol. The SMILES string of the molecule is N#CCCC(Nc1ccccc1)(c1ccccc1)c1ccc(-c2ccccc2)cc1. The number of benzene rings is 4. The maximum absolute atomic E-state index is 9.40. The molecule has 146 valence electrons. The number of nitriles is 1. The van der Waals surface area contributed by atoms with Gasteiger partial charge in [0.05, 0.1) is 11.6 Å². The molecule has 0 aliphatic rings. The van der Waals surface area contributed by atoms with Crippen molar-refractivity contribution in [3.05, 3.63) is 126 Å². The van der Waals surface area contributed by atoms with Crippen LogP contribution in [-0.2, 0) is 5.54 Å². The highest BCUT2D eigenvalue weighted by molar-refractivity contribution is 5.64. The second-order valence-electron chi connectivity index (χ2n) is 7.36. The van der Waals surface area contributed by atoms with E-state index in [0.29, 0.717) is 12.8 Å². The molecule has 30 heavy (non-hydrogen) atoms. The molecular formula is C28H24N2. The third-order valence-corrected chi connectivity index (χ3v) is 5.49. The zero-order chi connectivity index (χ0) is 20.7. The second-order valence-corrected chi connectivity index (χ2v) is 7.36. The van der Waals surface area contributed by atoms with Crippen molar-refractivity contribution >= 4 is 5.69 Å². The summed E-state index contributed by atoms with van der Waals surface area (Å²) in [6.07, 6.45) is 1.13. The Labute approximate surface area is 178 Å². The molecule has 0 saturated heterocycles. The van der Waals surface area contributed by atoms with Gasteiger partial charge in [-0.3, -0.25) is 0 Å². The van der Waals surface area contributed by atoms with E-state index >= 15 is 0 Å². The Morgan fingerprint density at radius 3 is 1.70 bits per heavy atom. The van der Waals surface area contributed by atoms with Crippen LogP contribution in [0.4, 0.5) is 5.69 Å². The average Bonchev–Trinajstić information content (AvgIpc) is 2.84. The summed E-state index contributed by atoms with van der Waals surface area (Å²) >= 11 is 0. The number of hydrogen-bond donors (Lipinski definition) is 1. The third-order valence-electron chi connectivity index (χ3n) is 5.49. The van der Waals surface area contributed by atoms with Gasteiger partial charge in [0, 0.05) is 12.1 Å². The minimum atomic E-state index is -0.492. The molecule has 1 unspecified atom stereocenters. The smallest absolute Gasteiger partial charge is 0.0889 e. The fourth-order valence-electron chi connectivity index (χ4n) is 3.97. The molecule has 1 atom stereocenters. The van der Waals surface area contributed by atoms with Gasteiger partial charge >= 0.3 is 0 Å². The number of para-hydroxylation sites is 1. The van der Waals surface area contributed by atoms with E-state index in [1.165, 1.54) is 11.1 Å². The molecule has 0 bridgehead atoms. The van der Waals surface area contributed by atoms with Crippen LogP contribution in [0, 0.1) is 11.3 Å². The third kappa shape index (κ3) is 4.11. The van der Waals surface area contributed by atoms with Crippen molar-refractivity contribution in [1.82, 2.24) is 0 Å². The van der Waals surface area contributed by atoms with Crippen molar-refractivity contribution in [2.75, 3.05) is 5.32 Å². The van der Waals surface area contributed by atoms with E-state index < -0.39 is 5.54 Å². The number of anilines is 1. The summed E-state index contributed by atoms with van der Waals surface area (Å²) < 4.78 is 0. The van der Waals surface area contributed by atoms with Gasteiger partial charge in [-0.05, 0) is 40.8 Å². The predicted octanol–water partition coefficient (Wildman–Crippen LogP) is 7.01. The summed E-state index contributed by atoms with van der Waals surface area (Å²) in [5.74, 6) is 0. The molecule has 2 heteroatoms. The standard InChI is InChI=1S/C28H24N2/c29-22-10-21-28(25-13-6-2-7-14-25,30-27-15-8-3-9-16-27)26-19-17-24(18-20-26)23-11-4-1-5-12-23/h1-9,11-20,30H,10,21H2. The van der Waals surface area contributed by atoms with Crippen LogP contribution < -0.4 is 5.32 Å². The van der Waals surface area contributed by atoms with E-state index in [1.54, 1.807) is 0 Å². The van der Waals surface area contributed by atoms with Crippen molar-refractivity contribution in [1.29, 1.82) is 5.26 Å². The van der Waals surface area contributed by atoms with Crippen molar-refractivity contribution < 1.29 is 0 Å². The van der Waals surface area contributed by atoms with Crippen molar-refractivity contribution in [2.45, 2.75) is 18.4 Å². The van der Waals surface area contributed by atoms with Gasteiger partial charge in [0.1, 0.15) is 0 Å². The topological polar surface area (TPSA) is 35.8 Å². The van der Waals surface area contributed by atoms with Crippen LogP contribution in [0.5, 0.6) is 0 Å². The van der Waals surface area contributed by atoms with E-state index in [2.05, 4.69) is 96.3 Å². The van der Waals surface area contributed by atoms with Gasteiger partial charge in [0.15, 0.2) is 0 Å². The molecule has 4 rings (SSSR count). The van der Waals surface area contributed by atoms with Crippen LogP contribution in [0.2, 0.25) is 0 Å². The molecule has 4 aromatic rings. The van der Waals surface area contributed by atoms with Crippen LogP contribution in [0.1, 0.15) is 24.0 Å². The highest BCUT2D eigenvalue weighted by Crippen LogP contribution is 2.38. The Hall–Kier alpha value is -3.83. The number of nitrogens with zero attached hydrogens (tertiary/aromatic N) is 1. The van der Waals surface area contributed by atoms with E-state index in [0.717, 1.165) is 16.8 Å². The number of hydrogen-bond acceptors (Lipinski definition) is 2. The molecule has 0 heterocycles. The van der Waals surface area contributed by atoms with Gasteiger partial charge in [-0.25, -0.2) is 0 Å². The molecule has 2 nitrogen and oxygen atoms in total. The molecule has 0 saturated carbocycles. The predicted molar refractivity (Wildman–Crippen MR) is 124 cm³/mol. The first-order chi connectivity index (χ1) is 14.8. The second kappa shape index (κ2) is 9.11. The summed E-state index contributed by atoms with van der Waals surface area (Å²) in [4.78, 5) is 0. The summed E-state index contributed by atoms with van der Waals surface area (Å²) in [7, 11) is 0. The van der Waals surface area contributed by atoms with Gasteiger partial charge in [-0.2, -0.15) is 5.26 Å². The summed E-state index contributed by atoms with van der Waals surface area (Å²) in [5, 5.41) is 13.2. The number of rotatable bonds is 7. The molecule has 0 aliphatic carbocycles. The van der Waals surface area contributed by atoms with Gasteiger partial charge in [0.25, 0.3) is 0 Å². The van der Waals surface area contributed by atoms with Gasteiger partial charge < -0.3 is 5.32 Å². The minimum absolute atomic E-state index is 0.454. The Bertz CT molecular complexity index is 1100. The average molecular weight is 389 g/mol. The lowest BCUT2D eigenvalue weighted by Gasteiger charge is -2.37. The fraction of sp³-hybridized carbons (Fsp3) is 0.107. The lowest BCUT2D eigenvalue weighted by molar-refractivity contribution is 0.544. The first kappa shape index (κ1) is 19.5. The zero-order valence-corrected chi connectivity index (χ0v) is 16.8. The van der Waals surface area contributed by atoms with Crippen LogP contribution in [0.3, 0.4) is 0 Å². The highest BCUT2D eigenvalue weighted by Gasteiger charge is 2.34. The van der Waals surface area contributed by atoms with Gasteiger partial charge in [-0.15, -0.1) is 0 Å². The quantitative estimate of drug-likeness (QED) is 0.369. The first-order valence-corrected chi connectivity index (χ1v) is 10.2. The Balaban J connectivity index is 1.82. The molecule has 0 fully saturated rings. The summed E-state index contributed by atoms with van der Waals surface area (Å²) in [6, 6.07) is 42.1. The molecule has 0 aromatic heterocycles. The van der Waals surface area contributed by atoms with E-state index in [4.69, 9.17) is 0 Å². The molecule has 0 aliphatic heterocycles. The van der Waals surface area contributed by atoms with Crippen LogP contribution >= 0.6 is 0 Å². The number of nitrogens with one attached hydrogen (secondary N) is 1. The van der Waals surface area contributed by atoms with E-state index in [9.17, 15) is 5.26 Å². The molecule has 4 aromatic carbocycles.